The van der Waals surface area contributed by atoms with Gasteiger partial charge in [0.15, 0.2) is 11.0 Å². The number of nitrogens with zero attached hydrogens (tertiary/aromatic N) is 3. The molecule has 9 heteroatoms. The van der Waals surface area contributed by atoms with Gasteiger partial charge in [0, 0.05) is 12.1 Å². The normalized spacial score (nSPS) is 11.7. The van der Waals surface area contributed by atoms with Crippen molar-refractivity contribution in [1.29, 1.82) is 0 Å². The number of amides is 3. The largest absolute Gasteiger partial charge is 0.497 e. The van der Waals surface area contributed by atoms with Gasteiger partial charge in [-0.25, -0.2) is 4.79 Å². The maximum Gasteiger partial charge on any atom is 0.318 e. The number of hydrogen-bond acceptors (Lipinski definition) is 6. The number of urea groups is 1. The highest BCUT2D eigenvalue weighted by atomic mass is 32.2. The van der Waals surface area contributed by atoms with Crippen molar-refractivity contribution in [2.24, 2.45) is 5.73 Å². The molecule has 30 heavy (non-hydrogen) atoms. The number of thioether (sulfide) groups is 1. The van der Waals surface area contributed by atoms with Crippen LogP contribution in [0, 0.1) is 0 Å². The van der Waals surface area contributed by atoms with E-state index in [1.807, 2.05) is 47.0 Å². The minimum atomic E-state index is -0.878. The lowest BCUT2D eigenvalue weighted by Gasteiger charge is -2.13. The molecular formula is C21H23N5O3S. The Labute approximate surface area is 178 Å². The van der Waals surface area contributed by atoms with Crippen LogP contribution in [0.15, 0.2) is 59.8 Å². The molecule has 0 spiro atoms. The second-order valence-corrected chi connectivity index (χ2v) is 7.84. The molecule has 2 aromatic carbocycles. The van der Waals surface area contributed by atoms with Crippen LogP contribution in [0.1, 0.15) is 12.5 Å². The summed E-state index contributed by atoms with van der Waals surface area (Å²) in [5, 5.41) is 10.8. The average molecular weight is 426 g/mol. The molecule has 0 saturated carbocycles. The number of aryl methyl sites for hydroxylation is 1. The van der Waals surface area contributed by atoms with E-state index in [-0.39, 0.29) is 0 Å². The Hall–Kier alpha value is -3.33. The number of hydrogen-bond donors (Lipinski definition) is 2. The first-order valence-corrected chi connectivity index (χ1v) is 10.2. The number of imide groups is 1. The van der Waals surface area contributed by atoms with Gasteiger partial charge in [0.05, 0.1) is 12.4 Å². The predicted molar refractivity (Wildman–Crippen MR) is 115 cm³/mol. The van der Waals surface area contributed by atoms with Gasteiger partial charge in [-0.3, -0.25) is 10.1 Å². The summed E-state index contributed by atoms with van der Waals surface area (Å²) in [6.45, 7) is 2.32. The highest BCUT2D eigenvalue weighted by Crippen LogP contribution is 2.28. The number of nitrogens with one attached hydrogen (secondary N) is 1. The Bertz CT molecular complexity index is 1010. The second kappa shape index (κ2) is 9.93. The molecule has 0 aliphatic carbocycles. The van der Waals surface area contributed by atoms with Crippen LogP contribution in [0.2, 0.25) is 0 Å². The zero-order valence-electron chi connectivity index (χ0n) is 16.7. The van der Waals surface area contributed by atoms with E-state index >= 15 is 0 Å². The summed E-state index contributed by atoms with van der Waals surface area (Å²) < 4.78 is 7.21. The van der Waals surface area contributed by atoms with Crippen molar-refractivity contribution in [2.45, 2.75) is 30.3 Å². The summed E-state index contributed by atoms with van der Waals surface area (Å²) in [6.07, 6.45) is 0.775. The van der Waals surface area contributed by atoms with Crippen LogP contribution in [0.4, 0.5) is 4.79 Å². The van der Waals surface area contributed by atoms with Gasteiger partial charge in [0.2, 0.25) is 5.91 Å². The summed E-state index contributed by atoms with van der Waals surface area (Å²) in [5.74, 6) is 0.968. The minimum Gasteiger partial charge on any atom is -0.497 e. The average Bonchev–Trinajstić information content (AvgIpc) is 3.14. The zero-order valence-corrected chi connectivity index (χ0v) is 17.6. The quantitative estimate of drug-likeness (QED) is 0.537. The van der Waals surface area contributed by atoms with E-state index in [0.29, 0.717) is 17.5 Å². The van der Waals surface area contributed by atoms with E-state index in [0.717, 1.165) is 17.7 Å². The van der Waals surface area contributed by atoms with Gasteiger partial charge in [-0.1, -0.05) is 42.1 Å². The van der Waals surface area contributed by atoms with Crippen molar-refractivity contribution in [3.05, 3.63) is 60.2 Å². The molecule has 0 fully saturated rings. The summed E-state index contributed by atoms with van der Waals surface area (Å²) in [6, 6.07) is 16.8. The Morgan fingerprint density at radius 3 is 2.47 bits per heavy atom. The highest BCUT2D eigenvalue weighted by Gasteiger charge is 2.21. The predicted octanol–water partition coefficient (Wildman–Crippen LogP) is 2.87. The van der Waals surface area contributed by atoms with Crippen LogP contribution in [0.25, 0.3) is 11.4 Å². The number of carbonyl (C=O) groups is 2. The Morgan fingerprint density at radius 1 is 1.13 bits per heavy atom. The number of rotatable bonds is 8. The molecule has 3 rings (SSSR count). The molecule has 0 saturated heterocycles. The van der Waals surface area contributed by atoms with Crippen molar-refractivity contribution in [1.82, 2.24) is 20.1 Å². The number of carbonyl (C=O) groups excluding carboxylic acids is 2. The molecule has 0 aliphatic rings. The lowest BCUT2D eigenvalue weighted by Crippen LogP contribution is -2.39. The van der Waals surface area contributed by atoms with Crippen molar-refractivity contribution in [3.63, 3.8) is 0 Å². The van der Waals surface area contributed by atoms with Crippen molar-refractivity contribution in [2.75, 3.05) is 7.11 Å². The maximum absolute atomic E-state index is 12.1. The van der Waals surface area contributed by atoms with Gasteiger partial charge in [-0.15, -0.1) is 10.2 Å². The first-order valence-electron chi connectivity index (χ1n) is 9.36. The monoisotopic (exact) mass is 425 g/mol. The highest BCUT2D eigenvalue weighted by molar-refractivity contribution is 8.00. The first-order chi connectivity index (χ1) is 14.5. The maximum atomic E-state index is 12.1. The van der Waals surface area contributed by atoms with Crippen molar-refractivity contribution >= 4 is 23.7 Å². The fourth-order valence-electron chi connectivity index (χ4n) is 2.85. The minimum absolute atomic E-state index is 0.476. The third kappa shape index (κ3) is 5.38. The van der Waals surface area contributed by atoms with Gasteiger partial charge in [-0.05, 0) is 43.2 Å². The number of ether oxygens (including phenoxy) is 1. The van der Waals surface area contributed by atoms with Crippen LogP contribution in [-0.4, -0.2) is 39.1 Å². The number of benzene rings is 2. The molecule has 3 N–H and O–H groups in total. The summed E-state index contributed by atoms with van der Waals surface area (Å²) in [4.78, 5) is 23.1. The second-order valence-electron chi connectivity index (χ2n) is 6.54. The number of primary amides is 1. The number of methoxy groups -OCH3 is 1. The van der Waals surface area contributed by atoms with Gasteiger partial charge < -0.3 is 15.0 Å². The summed E-state index contributed by atoms with van der Waals surface area (Å²) >= 11 is 1.22. The molecule has 0 aliphatic heterocycles. The molecule has 3 aromatic rings. The van der Waals surface area contributed by atoms with E-state index in [4.69, 9.17) is 10.5 Å². The summed E-state index contributed by atoms with van der Waals surface area (Å²) in [7, 11) is 1.62. The van der Waals surface area contributed by atoms with Crippen LogP contribution in [-0.2, 0) is 17.8 Å². The van der Waals surface area contributed by atoms with Crippen LogP contribution < -0.4 is 15.8 Å². The molecule has 1 atom stereocenters. The smallest absolute Gasteiger partial charge is 0.318 e. The van der Waals surface area contributed by atoms with E-state index in [1.165, 1.54) is 17.3 Å². The fourth-order valence-corrected chi connectivity index (χ4v) is 3.73. The SMILES string of the molecule is COc1ccc(-c2nnc(SC(C)C(=O)NC(N)=O)n2CCc2ccccc2)cc1. The molecule has 8 nitrogen and oxygen atoms in total. The number of aromatic nitrogens is 3. The van der Waals surface area contributed by atoms with Crippen molar-refractivity contribution < 1.29 is 14.3 Å². The fraction of sp³-hybridized carbons (Fsp3) is 0.238. The van der Waals surface area contributed by atoms with Crippen LogP contribution in [0.3, 0.4) is 0 Å². The van der Waals surface area contributed by atoms with Gasteiger partial charge in [0.25, 0.3) is 0 Å². The zero-order chi connectivity index (χ0) is 21.5. The third-order valence-electron chi connectivity index (χ3n) is 4.43. The molecule has 1 unspecified atom stereocenters. The van der Waals surface area contributed by atoms with E-state index < -0.39 is 17.2 Å². The van der Waals surface area contributed by atoms with Crippen molar-refractivity contribution in [3.8, 4) is 17.1 Å². The van der Waals surface area contributed by atoms with Gasteiger partial charge in [0.1, 0.15) is 5.75 Å². The molecule has 1 aromatic heterocycles. The standard InChI is InChI=1S/C21H23N5O3S/c1-14(19(27)23-20(22)28)30-21-25-24-18(16-8-10-17(29-2)11-9-16)26(21)13-12-15-6-4-3-5-7-15/h3-11,14H,12-13H2,1-2H3,(H3,22,23,27,28). The topological polar surface area (TPSA) is 112 Å². The number of nitrogens with two attached hydrogens (primary N) is 1. The van der Waals surface area contributed by atoms with E-state index in [1.54, 1.807) is 14.0 Å². The van der Waals surface area contributed by atoms with E-state index in [9.17, 15) is 9.59 Å². The summed E-state index contributed by atoms with van der Waals surface area (Å²) in [5.41, 5.74) is 7.12. The molecule has 0 bridgehead atoms. The lowest BCUT2D eigenvalue weighted by molar-refractivity contribution is -0.119. The van der Waals surface area contributed by atoms with E-state index in [2.05, 4.69) is 27.6 Å². The van der Waals surface area contributed by atoms with Gasteiger partial charge >= 0.3 is 6.03 Å². The Morgan fingerprint density at radius 2 is 1.83 bits per heavy atom. The molecule has 3 amide bonds. The molecule has 156 valence electrons. The molecule has 0 radical (unpaired) electrons. The Balaban J connectivity index is 1.88. The first kappa shape index (κ1) is 21.4. The molecular weight excluding hydrogens is 402 g/mol. The Kier molecular flexibility index (Phi) is 7.08. The molecule has 1 heterocycles. The third-order valence-corrected chi connectivity index (χ3v) is 5.51. The van der Waals surface area contributed by atoms with Crippen LogP contribution >= 0.6 is 11.8 Å². The van der Waals surface area contributed by atoms with Gasteiger partial charge in [-0.2, -0.15) is 0 Å². The van der Waals surface area contributed by atoms with Crippen LogP contribution in [0.5, 0.6) is 5.75 Å². The lowest BCUT2D eigenvalue weighted by atomic mass is 10.1.